The Bertz CT molecular complexity index is 196. The highest BCUT2D eigenvalue weighted by atomic mass is 16.5. The van der Waals surface area contributed by atoms with Crippen molar-refractivity contribution < 1.29 is 4.74 Å². The fourth-order valence-electron chi connectivity index (χ4n) is 2.21. The van der Waals surface area contributed by atoms with Gasteiger partial charge in [0.15, 0.2) is 0 Å². The molecule has 0 rings (SSSR count). The number of unbranched alkanes of at least 4 members (excludes halogenated alkanes) is 11. The van der Waals surface area contributed by atoms with E-state index < -0.39 is 0 Å². The van der Waals surface area contributed by atoms with Crippen molar-refractivity contribution in [3.63, 3.8) is 0 Å². The van der Waals surface area contributed by atoms with Crippen molar-refractivity contribution >= 4 is 0 Å². The SMILES string of the molecule is C=C/C=C/OCCCCCCCCCCCCCC. The van der Waals surface area contributed by atoms with Crippen LogP contribution in [0.15, 0.2) is 25.0 Å². The van der Waals surface area contributed by atoms with Crippen LogP contribution in [0.1, 0.15) is 84.0 Å². The maximum Gasteiger partial charge on any atom is 0.0873 e. The summed E-state index contributed by atoms with van der Waals surface area (Å²) in [5, 5.41) is 0. The molecule has 0 N–H and O–H groups in total. The summed E-state index contributed by atoms with van der Waals surface area (Å²) in [7, 11) is 0. The monoisotopic (exact) mass is 266 g/mol. The minimum Gasteiger partial charge on any atom is -0.501 e. The summed E-state index contributed by atoms with van der Waals surface area (Å²) in [6.45, 7) is 6.72. The lowest BCUT2D eigenvalue weighted by Crippen LogP contribution is -1.88. The molecule has 0 heterocycles. The Morgan fingerprint density at radius 3 is 1.68 bits per heavy atom. The first-order valence-corrected chi connectivity index (χ1v) is 8.31. The normalized spacial score (nSPS) is 11.0. The maximum absolute atomic E-state index is 5.31. The van der Waals surface area contributed by atoms with E-state index in [2.05, 4.69) is 13.5 Å². The Morgan fingerprint density at radius 1 is 0.737 bits per heavy atom. The molecule has 1 nitrogen and oxygen atoms in total. The fraction of sp³-hybridized carbons (Fsp3) is 0.778. The van der Waals surface area contributed by atoms with E-state index in [1.54, 1.807) is 12.3 Å². The first-order chi connectivity index (χ1) is 9.41. The molecular formula is C18H34O. The summed E-state index contributed by atoms with van der Waals surface area (Å²) in [5.74, 6) is 0. The van der Waals surface area contributed by atoms with Gasteiger partial charge in [-0.05, 0) is 12.5 Å². The molecule has 0 bridgehead atoms. The third kappa shape index (κ3) is 17.3. The minimum atomic E-state index is 0.849. The maximum atomic E-state index is 5.31. The average Bonchev–Trinajstić information content (AvgIpc) is 2.43. The predicted octanol–water partition coefficient (Wildman–Crippen LogP) is 6.40. The molecule has 112 valence electrons. The van der Waals surface area contributed by atoms with Crippen LogP contribution in [0.4, 0.5) is 0 Å². The van der Waals surface area contributed by atoms with Crippen LogP contribution in [0.25, 0.3) is 0 Å². The van der Waals surface area contributed by atoms with Gasteiger partial charge in [0.1, 0.15) is 0 Å². The number of allylic oxidation sites excluding steroid dienone is 2. The van der Waals surface area contributed by atoms with Crippen molar-refractivity contribution in [2.45, 2.75) is 84.0 Å². The van der Waals surface area contributed by atoms with Gasteiger partial charge in [-0.1, -0.05) is 90.2 Å². The molecule has 0 aromatic carbocycles. The van der Waals surface area contributed by atoms with Crippen molar-refractivity contribution in [2.24, 2.45) is 0 Å². The highest BCUT2D eigenvalue weighted by Gasteiger charge is 1.93. The van der Waals surface area contributed by atoms with Crippen molar-refractivity contribution in [1.29, 1.82) is 0 Å². The van der Waals surface area contributed by atoms with Crippen molar-refractivity contribution in [3.8, 4) is 0 Å². The Kier molecular flexibility index (Phi) is 16.6. The van der Waals surface area contributed by atoms with Gasteiger partial charge >= 0.3 is 0 Å². The molecule has 0 amide bonds. The van der Waals surface area contributed by atoms with Crippen LogP contribution in [0.5, 0.6) is 0 Å². The third-order valence-corrected chi connectivity index (χ3v) is 3.43. The van der Waals surface area contributed by atoms with Crippen LogP contribution in [0.2, 0.25) is 0 Å². The molecule has 0 aliphatic carbocycles. The molecule has 0 atom stereocenters. The quantitative estimate of drug-likeness (QED) is 0.189. The van der Waals surface area contributed by atoms with Gasteiger partial charge in [0.25, 0.3) is 0 Å². The minimum absolute atomic E-state index is 0.849. The molecule has 1 heteroatoms. The zero-order chi connectivity index (χ0) is 14.0. The topological polar surface area (TPSA) is 9.23 Å². The summed E-state index contributed by atoms with van der Waals surface area (Å²) >= 11 is 0. The first kappa shape index (κ1) is 18.3. The smallest absolute Gasteiger partial charge is 0.0873 e. The Balaban J connectivity index is 2.95. The second-order valence-electron chi connectivity index (χ2n) is 5.32. The molecule has 0 spiro atoms. The molecule has 0 unspecified atom stereocenters. The number of hydrogen-bond acceptors (Lipinski definition) is 1. The summed E-state index contributed by atoms with van der Waals surface area (Å²) in [4.78, 5) is 0. The second-order valence-corrected chi connectivity index (χ2v) is 5.32. The van der Waals surface area contributed by atoms with Crippen LogP contribution in [0, 0.1) is 0 Å². The average molecular weight is 266 g/mol. The molecule has 0 aromatic rings. The number of rotatable bonds is 15. The van der Waals surface area contributed by atoms with Crippen LogP contribution in [0.3, 0.4) is 0 Å². The van der Waals surface area contributed by atoms with Gasteiger partial charge in [-0.25, -0.2) is 0 Å². The zero-order valence-corrected chi connectivity index (χ0v) is 13.0. The summed E-state index contributed by atoms with van der Waals surface area (Å²) in [5.41, 5.74) is 0. The van der Waals surface area contributed by atoms with Gasteiger partial charge in [-0.2, -0.15) is 0 Å². The number of hydrogen-bond donors (Lipinski definition) is 0. The second kappa shape index (κ2) is 17.3. The van der Waals surface area contributed by atoms with Gasteiger partial charge in [0.2, 0.25) is 0 Å². The Hall–Kier alpha value is -0.720. The molecule has 0 radical (unpaired) electrons. The molecule has 0 saturated carbocycles. The van der Waals surface area contributed by atoms with Gasteiger partial charge in [0, 0.05) is 0 Å². The van der Waals surface area contributed by atoms with Crippen LogP contribution < -0.4 is 0 Å². The van der Waals surface area contributed by atoms with Gasteiger partial charge in [0.05, 0.1) is 12.9 Å². The number of ether oxygens (including phenoxy) is 1. The van der Waals surface area contributed by atoms with Gasteiger partial charge in [-0.15, -0.1) is 0 Å². The largest absolute Gasteiger partial charge is 0.501 e. The van der Waals surface area contributed by atoms with E-state index in [1.807, 2.05) is 6.08 Å². The Labute approximate surface area is 121 Å². The van der Waals surface area contributed by atoms with Crippen molar-refractivity contribution in [1.82, 2.24) is 0 Å². The van der Waals surface area contributed by atoms with Crippen LogP contribution in [-0.4, -0.2) is 6.61 Å². The predicted molar refractivity (Wildman–Crippen MR) is 86.4 cm³/mol. The zero-order valence-electron chi connectivity index (χ0n) is 13.0. The van der Waals surface area contributed by atoms with Gasteiger partial charge in [-0.3, -0.25) is 0 Å². The Morgan fingerprint density at radius 2 is 1.21 bits per heavy atom. The van der Waals surface area contributed by atoms with Crippen LogP contribution >= 0.6 is 0 Å². The van der Waals surface area contributed by atoms with Gasteiger partial charge < -0.3 is 4.74 Å². The summed E-state index contributed by atoms with van der Waals surface area (Å²) in [6.07, 6.45) is 22.0. The van der Waals surface area contributed by atoms with E-state index in [0.717, 1.165) is 6.61 Å². The summed E-state index contributed by atoms with van der Waals surface area (Å²) < 4.78 is 5.31. The van der Waals surface area contributed by atoms with E-state index >= 15 is 0 Å². The molecule has 0 fully saturated rings. The van der Waals surface area contributed by atoms with Crippen molar-refractivity contribution in [2.75, 3.05) is 6.61 Å². The first-order valence-electron chi connectivity index (χ1n) is 8.31. The van der Waals surface area contributed by atoms with E-state index in [-0.39, 0.29) is 0 Å². The standard InChI is InChI=1S/C18H34O/c1-3-5-7-8-9-10-11-12-13-14-15-16-18-19-17-6-4-2/h4,6,17H,2-3,5,7-16,18H2,1H3/b17-6+. The molecule has 0 saturated heterocycles. The van der Waals surface area contributed by atoms with E-state index in [4.69, 9.17) is 4.74 Å². The molecule has 0 aromatic heterocycles. The molecule has 0 aliphatic rings. The highest BCUT2D eigenvalue weighted by Crippen LogP contribution is 2.11. The molecule has 0 aliphatic heterocycles. The fourth-order valence-corrected chi connectivity index (χ4v) is 2.21. The van der Waals surface area contributed by atoms with E-state index in [1.165, 1.54) is 77.0 Å². The van der Waals surface area contributed by atoms with E-state index in [9.17, 15) is 0 Å². The van der Waals surface area contributed by atoms with Crippen molar-refractivity contribution in [3.05, 3.63) is 25.0 Å². The lowest BCUT2D eigenvalue weighted by molar-refractivity contribution is 0.240. The third-order valence-electron chi connectivity index (χ3n) is 3.43. The highest BCUT2D eigenvalue weighted by molar-refractivity contribution is 4.92. The summed E-state index contributed by atoms with van der Waals surface area (Å²) in [6, 6.07) is 0. The molecule has 19 heavy (non-hydrogen) atoms. The van der Waals surface area contributed by atoms with Crippen LogP contribution in [-0.2, 0) is 4.74 Å². The van der Waals surface area contributed by atoms with E-state index in [0.29, 0.717) is 0 Å². The lowest BCUT2D eigenvalue weighted by atomic mass is 10.1. The lowest BCUT2D eigenvalue weighted by Gasteiger charge is -2.03. The molecular weight excluding hydrogens is 232 g/mol.